The smallest absolute Gasteiger partial charge is 0.410 e. The predicted molar refractivity (Wildman–Crippen MR) is 191 cm³/mol. The summed E-state index contributed by atoms with van der Waals surface area (Å²) in [6.07, 6.45) is 1.20. The van der Waals surface area contributed by atoms with Crippen LogP contribution in [0.15, 0.2) is 96.4 Å². The van der Waals surface area contributed by atoms with Crippen molar-refractivity contribution in [2.45, 2.75) is 51.6 Å². The minimum atomic E-state index is -0.561. The molecule has 0 unspecified atom stereocenters. The molecule has 4 aromatic rings. The van der Waals surface area contributed by atoms with Crippen LogP contribution in [0.5, 0.6) is 0 Å². The second kappa shape index (κ2) is 16.4. The summed E-state index contributed by atoms with van der Waals surface area (Å²) < 4.78 is 5.49. The number of carbonyl (C=O) groups excluding carboxylic acids is 3. The minimum Gasteiger partial charge on any atom is -0.444 e. The van der Waals surface area contributed by atoms with E-state index >= 15 is 0 Å². The third kappa shape index (κ3) is 9.90. The quantitative estimate of drug-likeness (QED) is 0.177. The van der Waals surface area contributed by atoms with Crippen LogP contribution in [0.3, 0.4) is 0 Å². The molecule has 0 saturated carbocycles. The van der Waals surface area contributed by atoms with E-state index in [0.29, 0.717) is 57.2 Å². The van der Waals surface area contributed by atoms with Crippen LogP contribution < -0.4 is 5.32 Å². The summed E-state index contributed by atoms with van der Waals surface area (Å²) in [5.74, 6) is 0.133. The SMILES string of the molecule is CC(C)(C)OC(=O)N1CCN(C(=O)CCCN(CCC(c2ccccc2)c2ccccc2)C(=O)Nc2nc(-c3ccccc3)cs2)CC1. The number of hydrogen-bond donors (Lipinski definition) is 1. The fourth-order valence-corrected chi connectivity index (χ4v) is 6.49. The van der Waals surface area contributed by atoms with Gasteiger partial charge < -0.3 is 19.4 Å². The molecule has 0 radical (unpaired) electrons. The van der Waals surface area contributed by atoms with Gasteiger partial charge in [-0.05, 0) is 44.7 Å². The number of nitrogens with zero attached hydrogens (tertiary/aromatic N) is 4. The lowest BCUT2D eigenvalue weighted by atomic mass is 9.88. The van der Waals surface area contributed by atoms with Crippen LogP contribution in [-0.4, -0.2) is 82.6 Å². The van der Waals surface area contributed by atoms with Crippen molar-refractivity contribution in [1.29, 1.82) is 0 Å². The Morgan fingerprint density at radius 1 is 0.833 bits per heavy atom. The van der Waals surface area contributed by atoms with Crippen molar-refractivity contribution in [3.63, 3.8) is 0 Å². The fraction of sp³-hybridized carbons (Fsp3) is 0.368. The van der Waals surface area contributed by atoms with Crippen molar-refractivity contribution in [2.75, 3.05) is 44.6 Å². The Balaban J connectivity index is 1.22. The highest BCUT2D eigenvalue weighted by atomic mass is 32.1. The van der Waals surface area contributed by atoms with Gasteiger partial charge in [-0.25, -0.2) is 14.6 Å². The standard InChI is InChI=1S/C38H45N5O4S/c1-38(2,3)47-37(46)43-26-24-41(25-27-43)34(44)20-13-22-42(36(45)40-35-39-33(28-48-35)31-18-11-6-12-19-31)23-21-32(29-14-7-4-8-15-29)30-16-9-5-10-17-30/h4-12,14-19,28,32H,13,20-27H2,1-3H3,(H,39,40,45). The summed E-state index contributed by atoms with van der Waals surface area (Å²) >= 11 is 1.39. The number of ether oxygens (including phenoxy) is 1. The average Bonchev–Trinajstić information content (AvgIpc) is 3.56. The number of anilines is 1. The van der Waals surface area contributed by atoms with E-state index in [4.69, 9.17) is 4.74 Å². The van der Waals surface area contributed by atoms with Crippen LogP contribution in [0, 0.1) is 0 Å². The molecular formula is C38H45N5O4S. The zero-order valence-corrected chi connectivity index (χ0v) is 28.8. The van der Waals surface area contributed by atoms with Crippen molar-refractivity contribution in [2.24, 2.45) is 0 Å². The van der Waals surface area contributed by atoms with Crippen molar-refractivity contribution in [1.82, 2.24) is 19.7 Å². The summed E-state index contributed by atoms with van der Waals surface area (Å²) in [5.41, 5.74) is 3.63. The Bertz CT molecular complexity index is 1580. The number of benzene rings is 3. The van der Waals surface area contributed by atoms with Gasteiger partial charge in [0, 0.05) is 62.6 Å². The van der Waals surface area contributed by atoms with E-state index in [1.54, 1.807) is 14.7 Å². The number of nitrogens with one attached hydrogen (secondary N) is 1. The molecule has 1 aromatic heterocycles. The molecule has 5 rings (SSSR count). The lowest BCUT2D eigenvalue weighted by molar-refractivity contribution is -0.133. The van der Waals surface area contributed by atoms with E-state index < -0.39 is 5.60 Å². The Morgan fingerprint density at radius 3 is 1.98 bits per heavy atom. The van der Waals surface area contributed by atoms with Crippen molar-refractivity contribution >= 4 is 34.5 Å². The average molecular weight is 668 g/mol. The maximum Gasteiger partial charge on any atom is 0.410 e. The first-order valence-corrected chi connectivity index (χ1v) is 17.5. The predicted octanol–water partition coefficient (Wildman–Crippen LogP) is 7.73. The van der Waals surface area contributed by atoms with Crippen molar-refractivity contribution in [3.05, 3.63) is 108 Å². The number of rotatable bonds is 11. The van der Waals surface area contributed by atoms with Crippen LogP contribution in [0.25, 0.3) is 11.3 Å². The van der Waals surface area contributed by atoms with Crippen LogP contribution in [0.2, 0.25) is 0 Å². The van der Waals surface area contributed by atoms with E-state index in [0.717, 1.165) is 17.7 Å². The fourth-order valence-electron chi connectivity index (χ4n) is 5.78. The third-order valence-electron chi connectivity index (χ3n) is 8.27. The molecule has 0 aliphatic carbocycles. The van der Waals surface area contributed by atoms with Gasteiger partial charge in [0.2, 0.25) is 5.91 Å². The number of hydrogen-bond acceptors (Lipinski definition) is 6. The van der Waals surface area contributed by atoms with Gasteiger partial charge in [0.1, 0.15) is 5.60 Å². The molecule has 252 valence electrons. The summed E-state index contributed by atoms with van der Waals surface area (Å²) in [6, 6.07) is 30.4. The number of aromatic nitrogens is 1. The van der Waals surface area contributed by atoms with Crippen molar-refractivity contribution < 1.29 is 19.1 Å². The number of thiazole rings is 1. The van der Waals surface area contributed by atoms with Crippen LogP contribution in [-0.2, 0) is 9.53 Å². The Labute approximate surface area is 287 Å². The van der Waals surface area contributed by atoms with E-state index in [2.05, 4.69) is 34.6 Å². The van der Waals surface area contributed by atoms with Gasteiger partial charge >= 0.3 is 12.1 Å². The summed E-state index contributed by atoms with van der Waals surface area (Å²) in [5, 5.41) is 5.49. The summed E-state index contributed by atoms with van der Waals surface area (Å²) in [4.78, 5) is 49.3. The molecule has 48 heavy (non-hydrogen) atoms. The molecule has 1 aliphatic heterocycles. The van der Waals surface area contributed by atoms with E-state index in [-0.39, 0.29) is 23.9 Å². The first-order chi connectivity index (χ1) is 23.2. The normalized spacial score (nSPS) is 13.3. The maximum absolute atomic E-state index is 13.8. The summed E-state index contributed by atoms with van der Waals surface area (Å²) in [7, 11) is 0. The molecular weight excluding hydrogens is 623 g/mol. The molecule has 0 atom stereocenters. The summed E-state index contributed by atoms with van der Waals surface area (Å²) in [6.45, 7) is 8.26. The number of amides is 4. The number of carbonyl (C=O) groups is 3. The van der Waals surface area contributed by atoms with E-state index in [1.165, 1.54) is 22.5 Å². The lowest BCUT2D eigenvalue weighted by Crippen LogP contribution is -2.51. The monoisotopic (exact) mass is 667 g/mol. The third-order valence-corrected chi connectivity index (χ3v) is 9.03. The van der Waals surface area contributed by atoms with Gasteiger partial charge in [0.05, 0.1) is 5.69 Å². The Hall–Kier alpha value is -4.70. The molecule has 4 amide bonds. The highest BCUT2D eigenvalue weighted by Gasteiger charge is 2.28. The molecule has 1 saturated heterocycles. The molecule has 9 nitrogen and oxygen atoms in total. The molecule has 1 N–H and O–H groups in total. The first kappa shape index (κ1) is 34.6. The van der Waals surface area contributed by atoms with E-state index in [9.17, 15) is 14.4 Å². The number of piperazine rings is 1. The topological polar surface area (TPSA) is 95.1 Å². The molecule has 3 aromatic carbocycles. The molecule has 1 aliphatic rings. The van der Waals surface area contributed by atoms with Crippen LogP contribution >= 0.6 is 11.3 Å². The lowest BCUT2D eigenvalue weighted by Gasteiger charge is -2.35. The van der Waals surface area contributed by atoms with Crippen molar-refractivity contribution in [3.8, 4) is 11.3 Å². The van der Waals surface area contributed by atoms with Gasteiger partial charge in [-0.15, -0.1) is 11.3 Å². The van der Waals surface area contributed by atoms with Gasteiger partial charge in [0.25, 0.3) is 0 Å². The largest absolute Gasteiger partial charge is 0.444 e. The second-order valence-corrected chi connectivity index (χ2v) is 13.8. The van der Waals surface area contributed by atoms with Gasteiger partial charge in [-0.1, -0.05) is 91.0 Å². The van der Waals surface area contributed by atoms with Gasteiger partial charge in [0.15, 0.2) is 5.13 Å². The Morgan fingerprint density at radius 2 is 1.40 bits per heavy atom. The van der Waals surface area contributed by atoms with Gasteiger partial charge in [-0.3, -0.25) is 10.1 Å². The molecule has 1 fully saturated rings. The molecule has 10 heteroatoms. The van der Waals surface area contributed by atoms with Crippen LogP contribution in [0.4, 0.5) is 14.7 Å². The molecule has 2 heterocycles. The maximum atomic E-state index is 13.8. The van der Waals surface area contributed by atoms with Crippen LogP contribution in [0.1, 0.15) is 57.1 Å². The second-order valence-electron chi connectivity index (χ2n) is 12.9. The highest BCUT2D eigenvalue weighted by Crippen LogP contribution is 2.29. The minimum absolute atomic E-state index is 0.0260. The first-order valence-electron chi connectivity index (χ1n) is 16.6. The molecule has 0 bridgehead atoms. The zero-order valence-electron chi connectivity index (χ0n) is 28.0. The zero-order chi connectivity index (χ0) is 33.9. The molecule has 0 spiro atoms. The Kier molecular flexibility index (Phi) is 11.8. The number of urea groups is 1. The van der Waals surface area contributed by atoms with E-state index in [1.807, 2.05) is 92.9 Å². The highest BCUT2D eigenvalue weighted by molar-refractivity contribution is 7.14. The van der Waals surface area contributed by atoms with Gasteiger partial charge in [-0.2, -0.15) is 0 Å².